The monoisotopic (exact) mass is 410 g/mol. The van der Waals surface area contributed by atoms with Crippen molar-refractivity contribution in [3.05, 3.63) is 65.7 Å². The van der Waals surface area contributed by atoms with Crippen LogP contribution in [0.2, 0.25) is 0 Å². The van der Waals surface area contributed by atoms with Gasteiger partial charge in [0.2, 0.25) is 5.91 Å². The molecule has 0 saturated heterocycles. The average molecular weight is 411 g/mol. The number of amides is 2. The molecule has 2 rings (SSSR count). The van der Waals surface area contributed by atoms with E-state index in [9.17, 15) is 9.59 Å². The number of benzene rings is 2. The maximum atomic E-state index is 13.0. The Labute approximate surface area is 180 Å². The number of rotatable bonds is 11. The molecule has 30 heavy (non-hydrogen) atoms. The van der Waals surface area contributed by atoms with Crippen molar-refractivity contribution in [2.45, 2.75) is 59.0 Å². The summed E-state index contributed by atoms with van der Waals surface area (Å²) in [6.45, 7) is 8.21. The summed E-state index contributed by atoms with van der Waals surface area (Å²) in [5.74, 6) is 0.315. The van der Waals surface area contributed by atoms with Crippen molar-refractivity contribution in [1.82, 2.24) is 10.2 Å². The molecule has 0 spiro atoms. The third-order valence-electron chi connectivity index (χ3n) is 5.35. The van der Waals surface area contributed by atoms with Gasteiger partial charge in [-0.05, 0) is 56.4 Å². The number of carbonyl (C=O) groups is 2. The molecule has 5 heteroatoms. The number of ether oxygens (including phenoxy) is 1. The van der Waals surface area contributed by atoms with Crippen LogP contribution in [0.15, 0.2) is 54.6 Å². The van der Waals surface area contributed by atoms with Gasteiger partial charge in [0.15, 0.2) is 6.61 Å². The first-order valence-corrected chi connectivity index (χ1v) is 10.8. The first-order chi connectivity index (χ1) is 14.4. The summed E-state index contributed by atoms with van der Waals surface area (Å²) >= 11 is 0. The zero-order valence-corrected chi connectivity index (χ0v) is 18.6. The highest BCUT2D eigenvalue weighted by Gasteiger charge is 2.26. The van der Waals surface area contributed by atoms with E-state index >= 15 is 0 Å². The van der Waals surface area contributed by atoms with Gasteiger partial charge < -0.3 is 15.0 Å². The van der Waals surface area contributed by atoms with E-state index in [-0.39, 0.29) is 24.5 Å². The second-order valence-electron chi connectivity index (χ2n) is 7.60. The molecular formula is C25H34N2O3. The van der Waals surface area contributed by atoms with Crippen molar-refractivity contribution in [3.8, 4) is 5.75 Å². The maximum Gasteiger partial charge on any atom is 0.261 e. The molecule has 162 valence electrons. The molecule has 0 aliphatic heterocycles. The molecular weight excluding hydrogens is 376 g/mol. The van der Waals surface area contributed by atoms with Gasteiger partial charge in [-0.1, -0.05) is 56.3 Å². The van der Waals surface area contributed by atoms with E-state index in [4.69, 9.17) is 4.74 Å². The van der Waals surface area contributed by atoms with Gasteiger partial charge in [-0.25, -0.2) is 0 Å². The first-order valence-electron chi connectivity index (χ1n) is 10.8. The molecule has 0 aliphatic carbocycles. The molecule has 0 bridgehead atoms. The lowest BCUT2D eigenvalue weighted by Gasteiger charge is -2.29. The van der Waals surface area contributed by atoms with Crippen LogP contribution in [0, 0.1) is 0 Å². The number of hydrogen-bond donors (Lipinski definition) is 1. The van der Waals surface area contributed by atoms with Crippen LogP contribution in [-0.4, -0.2) is 41.9 Å². The standard InChI is InChI=1S/C25H34N2O3/c1-5-19(3)26-25(29)20(4)27(17-16-22-10-8-7-9-11-22)24(28)18-30-23-14-12-21(6-2)13-15-23/h7-15,19-20H,5-6,16-18H2,1-4H3,(H,26,29)/t19-,20+/m0/s1. The normalized spacial score (nSPS) is 12.7. The van der Waals surface area contributed by atoms with Crippen LogP contribution >= 0.6 is 0 Å². The summed E-state index contributed by atoms with van der Waals surface area (Å²) in [7, 11) is 0. The topological polar surface area (TPSA) is 58.6 Å². The predicted octanol–water partition coefficient (Wildman–Crippen LogP) is 4.00. The summed E-state index contributed by atoms with van der Waals surface area (Å²) in [5.41, 5.74) is 2.34. The van der Waals surface area contributed by atoms with Gasteiger partial charge in [0, 0.05) is 12.6 Å². The second-order valence-corrected chi connectivity index (χ2v) is 7.60. The minimum atomic E-state index is -0.568. The van der Waals surface area contributed by atoms with Crippen LogP contribution in [0.1, 0.15) is 45.2 Å². The largest absolute Gasteiger partial charge is 0.484 e. The summed E-state index contributed by atoms with van der Waals surface area (Å²) in [4.78, 5) is 27.3. The van der Waals surface area contributed by atoms with E-state index < -0.39 is 6.04 Å². The second kappa shape index (κ2) is 12.0. The fourth-order valence-corrected chi connectivity index (χ4v) is 3.08. The first kappa shape index (κ1) is 23.5. The summed E-state index contributed by atoms with van der Waals surface area (Å²) in [5, 5.41) is 2.98. The third kappa shape index (κ3) is 7.21. The molecule has 0 heterocycles. The van der Waals surface area contributed by atoms with Gasteiger partial charge in [-0.15, -0.1) is 0 Å². The van der Waals surface area contributed by atoms with E-state index in [1.54, 1.807) is 11.8 Å². The third-order valence-corrected chi connectivity index (χ3v) is 5.35. The Morgan fingerprint density at radius 2 is 1.63 bits per heavy atom. The van der Waals surface area contributed by atoms with Gasteiger partial charge in [0.05, 0.1) is 0 Å². The lowest BCUT2D eigenvalue weighted by atomic mass is 10.1. The van der Waals surface area contributed by atoms with Crippen LogP contribution in [0.4, 0.5) is 0 Å². The van der Waals surface area contributed by atoms with Crippen LogP contribution in [0.25, 0.3) is 0 Å². The SMILES string of the molecule is CCc1ccc(OCC(=O)N(CCc2ccccc2)[C@H](C)C(=O)N[C@@H](C)CC)cc1. The highest BCUT2D eigenvalue weighted by atomic mass is 16.5. The Hall–Kier alpha value is -2.82. The van der Waals surface area contributed by atoms with E-state index in [1.165, 1.54) is 5.56 Å². The van der Waals surface area contributed by atoms with E-state index in [1.807, 2.05) is 68.4 Å². The van der Waals surface area contributed by atoms with Gasteiger partial charge in [-0.2, -0.15) is 0 Å². The Bertz CT molecular complexity index is 790. The number of nitrogens with one attached hydrogen (secondary N) is 1. The highest BCUT2D eigenvalue weighted by molar-refractivity contribution is 5.88. The van der Waals surface area contributed by atoms with Crippen molar-refractivity contribution in [3.63, 3.8) is 0 Å². The quantitative estimate of drug-likeness (QED) is 0.609. The minimum Gasteiger partial charge on any atom is -0.484 e. The minimum absolute atomic E-state index is 0.0688. The van der Waals surface area contributed by atoms with E-state index in [0.29, 0.717) is 18.7 Å². The smallest absolute Gasteiger partial charge is 0.261 e. The molecule has 0 unspecified atom stereocenters. The van der Waals surface area contributed by atoms with Gasteiger partial charge in [0.1, 0.15) is 11.8 Å². The zero-order chi connectivity index (χ0) is 21.9. The maximum absolute atomic E-state index is 13.0. The molecule has 2 amide bonds. The van der Waals surface area contributed by atoms with Crippen LogP contribution < -0.4 is 10.1 Å². The molecule has 2 aromatic rings. The molecule has 0 fully saturated rings. The lowest BCUT2D eigenvalue weighted by molar-refractivity contribution is -0.141. The summed E-state index contributed by atoms with van der Waals surface area (Å²) in [6.07, 6.45) is 2.47. The van der Waals surface area contributed by atoms with Crippen molar-refractivity contribution in [2.75, 3.05) is 13.2 Å². The van der Waals surface area contributed by atoms with Crippen LogP contribution in [0.3, 0.4) is 0 Å². The van der Waals surface area contributed by atoms with Gasteiger partial charge in [0.25, 0.3) is 5.91 Å². The highest BCUT2D eigenvalue weighted by Crippen LogP contribution is 2.13. The van der Waals surface area contributed by atoms with Crippen molar-refractivity contribution in [2.24, 2.45) is 0 Å². The number of hydrogen-bond acceptors (Lipinski definition) is 3. The van der Waals surface area contributed by atoms with Gasteiger partial charge in [-0.3, -0.25) is 9.59 Å². The zero-order valence-electron chi connectivity index (χ0n) is 18.6. The number of aryl methyl sites for hydroxylation is 1. The molecule has 0 aromatic heterocycles. The molecule has 0 radical (unpaired) electrons. The van der Waals surface area contributed by atoms with E-state index in [2.05, 4.69) is 12.2 Å². The van der Waals surface area contributed by atoms with E-state index in [0.717, 1.165) is 18.4 Å². The van der Waals surface area contributed by atoms with Crippen molar-refractivity contribution >= 4 is 11.8 Å². The lowest BCUT2D eigenvalue weighted by Crippen LogP contribution is -2.51. The number of carbonyl (C=O) groups excluding carboxylic acids is 2. The fourth-order valence-electron chi connectivity index (χ4n) is 3.08. The Kier molecular flexibility index (Phi) is 9.39. The molecule has 2 aromatic carbocycles. The molecule has 0 saturated carbocycles. The number of nitrogens with zero attached hydrogens (tertiary/aromatic N) is 1. The Balaban J connectivity index is 2.05. The molecule has 2 atom stereocenters. The van der Waals surface area contributed by atoms with Gasteiger partial charge >= 0.3 is 0 Å². The van der Waals surface area contributed by atoms with Crippen LogP contribution in [-0.2, 0) is 22.4 Å². The average Bonchev–Trinajstić information content (AvgIpc) is 2.78. The molecule has 1 N–H and O–H groups in total. The van der Waals surface area contributed by atoms with Crippen molar-refractivity contribution < 1.29 is 14.3 Å². The predicted molar refractivity (Wildman–Crippen MR) is 121 cm³/mol. The van der Waals surface area contributed by atoms with Crippen LogP contribution in [0.5, 0.6) is 5.75 Å². The molecule has 0 aliphatic rings. The summed E-state index contributed by atoms with van der Waals surface area (Å²) in [6, 6.07) is 17.2. The fraction of sp³-hybridized carbons (Fsp3) is 0.440. The Morgan fingerprint density at radius 1 is 0.967 bits per heavy atom. The summed E-state index contributed by atoms with van der Waals surface area (Å²) < 4.78 is 5.71. The molecule has 5 nitrogen and oxygen atoms in total. The Morgan fingerprint density at radius 3 is 2.23 bits per heavy atom. The van der Waals surface area contributed by atoms with Crippen molar-refractivity contribution in [1.29, 1.82) is 0 Å².